The number of nitrogens with one attached hydrogen (secondary N) is 1. The van der Waals surface area contributed by atoms with Crippen molar-refractivity contribution >= 4 is 56.3 Å². The van der Waals surface area contributed by atoms with Crippen molar-refractivity contribution in [2.45, 2.75) is 27.1 Å². The van der Waals surface area contributed by atoms with Gasteiger partial charge in [0.2, 0.25) is 5.91 Å². The molecule has 3 aromatic rings. The molecule has 1 N–H and O–H groups in total. The normalized spacial score (nSPS) is 15.8. The molecule has 31 heavy (non-hydrogen) atoms. The molecule has 1 saturated heterocycles. The number of halogens is 1. The van der Waals surface area contributed by atoms with E-state index in [2.05, 4.69) is 10.3 Å². The molecule has 0 aliphatic carbocycles. The summed E-state index contributed by atoms with van der Waals surface area (Å²) in [6.07, 6.45) is 4.51. The van der Waals surface area contributed by atoms with Crippen molar-refractivity contribution in [2.75, 3.05) is 18.4 Å². The highest BCUT2D eigenvalue weighted by Gasteiger charge is 2.32. The van der Waals surface area contributed by atoms with Gasteiger partial charge in [0.15, 0.2) is 5.16 Å². The Bertz CT molecular complexity index is 1170. The smallest absolute Gasteiger partial charge is 0.252 e. The fourth-order valence-corrected chi connectivity index (χ4v) is 7.03. The lowest BCUT2D eigenvalue weighted by Gasteiger charge is -2.30. The minimum Gasteiger partial charge on any atom is -0.329 e. The number of sulfonamides is 1. The molecule has 1 aliphatic rings. The highest BCUT2D eigenvalue weighted by molar-refractivity contribution is 7.99. The third kappa shape index (κ3) is 4.98. The van der Waals surface area contributed by atoms with Gasteiger partial charge in [-0.05, 0) is 54.2 Å². The molecule has 0 spiro atoms. The number of anilines is 1. The van der Waals surface area contributed by atoms with Crippen molar-refractivity contribution in [3.63, 3.8) is 0 Å². The van der Waals surface area contributed by atoms with Crippen molar-refractivity contribution in [1.29, 1.82) is 0 Å². The third-order valence-corrected chi connectivity index (χ3v) is 9.75. The topological polar surface area (TPSA) is 84.3 Å². The highest BCUT2D eigenvalue weighted by atomic mass is 35.5. The summed E-state index contributed by atoms with van der Waals surface area (Å²) in [7, 11) is -1.58. The number of aryl methyl sites for hydroxylation is 1. The Morgan fingerprint density at radius 2 is 2.06 bits per heavy atom. The molecule has 0 atom stereocenters. The van der Waals surface area contributed by atoms with Crippen LogP contribution in [0.15, 0.2) is 62.4 Å². The first-order chi connectivity index (χ1) is 14.8. The number of aromatic nitrogens is 2. The van der Waals surface area contributed by atoms with E-state index in [1.807, 2.05) is 23.9 Å². The van der Waals surface area contributed by atoms with E-state index < -0.39 is 10.0 Å². The van der Waals surface area contributed by atoms with Crippen LogP contribution in [0.5, 0.6) is 0 Å². The molecule has 0 saturated carbocycles. The fraction of sp³-hybridized carbons (Fsp3) is 0.300. The molecule has 0 radical (unpaired) electrons. The van der Waals surface area contributed by atoms with Crippen LogP contribution in [0.1, 0.15) is 12.8 Å². The maximum absolute atomic E-state index is 12.9. The number of thiophene rings is 1. The van der Waals surface area contributed by atoms with Gasteiger partial charge in [-0.15, -0.1) is 11.3 Å². The van der Waals surface area contributed by atoms with Crippen LogP contribution in [0, 0.1) is 5.92 Å². The van der Waals surface area contributed by atoms with E-state index in [1.54, 1.807) is 35.8 Å². The van der Waals surface area contributed by atoms with E-state index in [0.717, 1.165) is 10.1 Å². The predicted molar refractivity (Wildman–Crippen MR) is 123 cm³/mol. The lowest BCUT2D eigenvalue weighted by Crippen LogP contribution is -2.41. The molecule has 0 unspecified atom stereocenters. The zero-order chi connectivity index (χ0) is 22.0. The Morgan fingerprint density at radius 1 is 1.29 bits per heavy atom. The highest BCUT2D eigenvalue weighted by Crippen LogP contribution is 2.35. The maximum atomic E-state index is 12.9. The van der Waals surface area contributed by atoms with Crippen LogP contribution in [-0.2, 0) is 21.9 Å². The van der Waals surface area contributed by atoms with Crippen molar-refractivity contribution in [3.8, 4) is 0 Å². The van der Waals surface area contributed by atoms with Crippen LogP contribution in [0.2, 0.25) is 5.02 Å². The second-order valence-electron chi connectivity index (χ2n) is 7.16. The molecule has 11 heteroatoms. The molecule has 3 heterocycles. The largest absolute Gasteiger partial charge is 0.329 e. The number of hydrogen-bond donors (Lipinski definition) is 1. The number of hydrogen-bond acceptors (Lipinski definition) is 6. The molecule has 164 valence electrons. The first-order valence-corrected chi connectivity index (χ1v) is 13.2. The van der Waals surface area contributed by atoms with E-state index in [0.29, 0.717) is 40.9 Å². The van der Waals surface area contributed by atoms with Gasteiger partial charge in [-0.1, -0.05) is 17.7 Å². The number of rotatable bonds is 6. The number of benzene rings is 1. The number of imidazole rings is 1. The summed E-state index contributed by atoms with van der Waals surface area (Å²) in [4.78, 5) is 18.1. The van der Waals surface area contributed by atoms with Gasteiger partial charge in [0.1, 0.15) is 4.21 Å². The maximum Gasteiger partial charge on any atom is 0.252 e. The summed E-state index contributed by atoms with van der Waals surface area (Å²) in [5, 5.41) is 6.06. The van der Waals surface area contributed by atoms with Crippen LogP contribution >= 0.6 is 34.7 Å². The SMILES string of the molecule is Cn1ccnc1Sc1ccc(Cl)cc1NC(=O)C1CCN(S(=O)(=O)c2cccs2)CC1. The summed E-state index contributed by atoms with van der Waals surface area (Å²) in [5.74, 6) is -0.392. The van der Waals surface area contributed by atoms with Crippen LogP contribution < -0.4 is 5.32 Å². The standard InChI is InChI=1S/C20H21ClN4O3S3/c1-24-11-8-22-20(24)30-17-5-4-15(21)13-16(17)23-19(26)14-6-9-25(10-7-14)31(27,28)18-3-2-12-29-18/h2-5,8,11-14H,6-7,9-10H2,1H3,(H,23,26). The summed E-state index contributed by atoms with van der Waals surface area (Å²) in [5.41, 5.74) is 0.624. The van der Waals surface area contributed by atoms with E-state index in [9.17, 15) is 13.2 Å². The minimum absolute atomic E-state index is 0.128. The van der Waals surface area contributed by atoms with Crippen LogP contribution in [-0.4, -0.2) is 41.3 Å². The van der Waals surface area contributed by atoms with Gasteiger partial charge in [-0.3, -0.25) is 4.79 Å². The molecule has 1 fully saturated rings. The van der Waals surface area contributed by atoms with E-state index in [4.69, 9.17) is 11.6 Å². The van der Waals surface area contributed by atoms with Gasteiger partial charge in [0.05, 0.1) is 5.69 Å². The summed E-state index contributed by atoms with van der Waals surface area (Å²) in [6.45, 7) is 0.644. The zero-order valence-corrected chi connectivity index (χ0v) is 19.9. The molecule has 4 rings (SSSR count). The number of piperidine rings is 1. The molecule has 1 aliphatic heterocycles. The Morgan fingerprint density at radius 3 is 2.71 bits per heavy atom. The van der Waals surface area contributed by atoms with Gasteiger partial charge < -0.3 is 9.88 Å². The number of carbonyl (C=O) groups is 1. The van der Waals surface area contributed by atoms with Crippen molar-refractivity contribution in [2.24, 2.45) is 13.0 Å². The van der Waals surface area contributed by atoms with Gasteiger partial charge in [-0.25, -0.2) is 13.4 Å². The number of carbonyl (C=O) groups excluding carboxylic acids is 1. The lowest BCUT2D eigenvalue weighted by molar-refractivity contribution is -0.120. The Hall–Kier alpha value is -1.85. The fourth-order valence-electron chi connectivity index (χ4n) is 3.37. The molecular weight excluding hydrogens is 476 g/mol. The monoisotopic (exact) mass is 496 g/mol. The summed E-state index contributed by atoms with van der Waals surface area (Å²) in [6, 6.07) is 8.69. The lowest BCUT2D eigenvalue weighted by atomic mass is 9.97. The van der Waals surface area contributed by atoms with E-state index in [1.165, 1.54) is 27.4 Å². The van der Waals surface area contributed by atoms with Gasteiger partial charge in [-0.2, -0.15) is 4.31 Å². The average molecular weight is 497 g/mol. The van der Waals surface area contributed by atoms with Gasteiger partial charge in [0, 0.05) is 48.4 Å². The second kappa shape index (κ2) is 9.33. The van der Waals surface area contributed by atoms with Crippen molar-refractivity contribution in [3.05, 3.63) is 53.1 Å². The Kier molecular flexibility index (Phi) is 6.73. The van der Waals surface area contributed by atoms with Gasteiger partial charge in [0.25, 0.3) is 10.0 Å². The van der Waals surface area contributed by atoms with Crippen LogP contribution in [0.4, 0.5) is 5.69 Å². The first kappa shape index (κ1) is 22.3. The van der Waals surface area contributed by atoms with Gasteiger partial charge >= 0.3 is 0 Å². The molecule has 1 amide bonds. The first-order valence-electron chi connectivity index (χ1n) is 9.64. The van der Waals surface area contributed by atoms with Crippen LogP contribution in [0.25, 0.3) is 0 Å². The summed E-state index contributed by atoms with van der Waals surface area (Å²) < 4.78 is 29.1. The zero-order valence-electron chi connectivity index (χ0n) is 16.7. The Balaban J connectivity index is 1.43. The molecule has 1 aromatic carbocycles. The quantitative estimate of drug-likeness (QED) is 0.549. The predicted octanol–water partition coefficient (Wildman–Crippen LogP) is 4.33. The third-order valence-electron chi connectivity index (χ3n) is 5.09. The van der Waals surface area contributed by atoms with Crippen molar-refractivity contribution < 1.29 is 13.2 Å². The molecule has 0 bridgehead atoms. The number of amides is 1. The molecule has 7 nitrogen and oxygen atoms in total. The van der Waals surface area contributed by atoms with Crippen LogP contribution in [0.3, 0.4) is 0 Å². The molecular formula is C20H21ClN4O3S3. The van der Waals surface area contributed by atoms with E-state index >= 15 is 0 Å². The minimum atomic E-state index is -3.48. The van der Waals surface area contributed by atoms with E-state index in [-0.39, 0.29) is 11.8 Å². The van der Waals surface area contributed by atoms with Crippen molar-refractivity contribution in [1.82, 2.24) is 13.9 Å². The number of nitrogens with zero attached hydrogens (tertiary/aromatic N) is 3. The average Bonchev–Trinajstić information content (AvgIpc) is 3.43. The Labute approximate surface area is 194 Å². The molecule has 2 aromatic heterocycles. The summed E-state index contributed by atoms with van der Waals surface area (Å²) >= 11 is 8.81. The second-order valence-corrected chi connectivity index (χ2v) is 11.7.